The Labute approximate surface area is 169 Å². The van der Waals surface area contributed by atoms with Crippen molar-refractivity contribution < 1.29 is 9.84 Å². The number of phenols is 1. The topological polar surface area (TPSA) is 50.5 Å². The minimum Gasteiger partial charge on any atom is -0.504 e. The van der Waals surface area contributed by atoms with Gasteiger partial charge in [-0.3, -0.25) is 9.58 Å². The van der Waals surface area contributed by atoms with Crippen LogP contribution in [0.3, 0.4) is 0 Å². The van der Waals surface area contributed by atoms with Crippen molar-refractivity contribution in [1.29, 1.82) is 0 Å². The number of ether oxygens (including phenoxy) is 1. The van der Waals surface area contributed by atoms with Gasteiger partial charge in [-0.25, -0.2) is 0 Å². The lowest BCUT2D eigenvalue weighted by Gasteiger charge is -2.18. The minimum absolute atomic E-state index is 0.160. The van der Waals surface area contributed by atoms with E-state index in [1.807, 2.05) is 47.4 Å². The van der Waals surface area contributed by atoms with Crippen LogP contribution in [0.15, 0.2) is 61.4 Å². The van der Waals surface area contributed by atoms with Crippen LogP contribution in [-0.2, 0) is 19.6 Å². The molecule has 2 heterocycles. The van der Waals surface area contributed by atoms with Crippen molar-refractivity contribution in [2.45, 2.75) is 19.6 Å². The van der Waals surface area contributed by atoms with Crippen LogP contribution in [0.2, 0.25) is 5.02 Å². The first-order chi connectivity index (χ1) is 13.6. The third-order valence-corrected chi connectivity index (χ3v) is 5.00. The van der Waals surface area contributed by atoms with E-state index in [4.69, 9.17) is 16.3 Å². The second kappa shape index (κ2) is 8.09. The van der Waals surface area contributed by atoms with Gasteiger partial charge in [-0.2, -0.15) is 5.10 Å². The van der Waals surface area contributed by atoms with Gasteiger partial charge in [0, 0.05) is 42.0 Å². The van der Waals surface area contributed by atoms with Gasteiger partial charge >= 0.3 is 0 Å². The highest BCUT2D eigenvalue weighted by Crippen LogP contribution is 2.38. The Kier molecular flexibility index (Phi) is 5.37. The van der Waals surface area contributed by atoms with E-state index in [0.717, 1.165) is 35.3 Å². The first-order valence-electron chi connectivity index (χ1n) is 9.21. The third-order valence-electron chi connectivity index (χ3n) is 4.76. The van der Waals surface area contributed by atoms with Crippen molar-refractivity contribution in [3.63, 3.8) is 0 Å². The molecule has 1 aliphatic heterocycles. The van der Waals surface area contributed by atoms with Crippen molar-refractivity contribution in [2.75, 3.05) is 13.2 Å². The zero-order valence-corrected chi connectivity index (χ0v) is 16.3. The summed E-state index contributed by atoms with van der Waals surface area (Å²) in [7, 11) is 0. The Balaban J connectivity index is 1.59. The fourth-order valence-corrected chi connectivity index (χ4v) is 3.69. The van der Waals surface area contributed by atoms with E-state index in [2.05, 4.69) is 22.6 Å². The summed E-state index contributed by atoms with van der Waals surface area (Å²) in [6.07, 6.45) is 5.75. The summed E-state index contributed by atoms with van der Waals surface area (Å²) in [5.74, 6) is 0.726. The van der Waals surface area contributed by atoms with Crippen LogP contribution >= 0.6 is 11.6 Å². The van der Waals surface area contributed by atoms with Crippen molar-refractivity contribution >= 4 is 11.6 Å². The van der Waals surface area contributed by atoms with Crippen LogP contribution in [-0.4, -0.2) is 32.9 Å². The summed E-state index contributed by atoms with van der Waals surface area (Å²) < 4.78 is 7.72. The van der Waals surface area contributed by atoms with Crippen LogP contribution in [0.4, 0.5) is 0 Å². The summed E-state index contributed by atoms with van der Waals surface area (Å²) in [5.41, 5.74) is 3.99. The smallest absolute Gasteiger partial charge is 0.165 e. The molecule has 1 aromatic heterocycles. The fourth-order valence-electron chi connectivity index (χ4n) is 3.50. The Morgan fingerprint density at radius 1 is 1.25 bits per heavy atom. The molecule has 0 amide bonds. The number of benzene rings is 2. The van der Waals surface area contributed by atoms with Gasteiger partial charge in [0.1, 0.15) is 6.61 Å². The van der Waals surface area contributed by atoms with Crippen LogP contribution in [0, 0.1) is 0 Å². The van der Waals surface area contributed by atoms with Gasteiger partial charge < -0.3 is 9.84 Å². The molecule has 28 heavy (non-hydrogen) atoms. The third kappa shape index (κ3) is 4.06. The number of fused-ring (bicyclic) bond motifs is 1. The van der Waals surface area contributed by atoms with E-state index in [1.165, 1.54) is 0 Å². The monoisotopic (exact) mass is 395 g/mol. The van der Waals surface area contributed by atoms with Gasteiger partial charge in [0.05, 0.1) is 12.7 Å². The zero-order valence-electron chi connectivity index (χ0n) is 15.5. The summed E-state index contributed by atoms with van der Waals surface area (Å²) in [5, 5.41) is 15.6. The van der Waals surface area contributed by atoms with E-state index in [0.29, 0.717) is 30.5 Å². The predicted molar refractivity (Wildman–Crippen MR) is 111 cm³/mol. The molecular formula is C22H22ClN3O2. The Morgan fingerprint density at radius 2 is 2.14 bits per heavy atom. The molecule has 2 aromatic carbocycles. The molecule has 0 fully saturated rings. The normalized spacial score (nSPS) is 14.2. The molecule has 144 valence electrons. The number of halogens is 1. The molecular weight excluding hydrogens is 374 g/mol. The van der Waals surface area contributed by atoms with Crippen LogP contribution in [0.25, 0.3) is 11.1 Å². The average Bonchev–Trinajstić information content (AvgIpc) is 2.99. The SMILES string of the molecule is C=CCn1cc(CN2CCOc3c(O)cc(-c4cccc(Cl)c4)cc3C2)cn1. The number of hydrogen-bond donors (Lipinski definition) is 1. The lowest BCUT2D eigenvalue weighted by molar-refractivity contribution is 0.217. The second-order valence-corrected chi connectivity index (χ2v) is 7.35. The second-order valence-electron chi connectivity index (χ2n) is 6.91. The van der Waals surface area contributed by atoms with Gasteiger partial charge in [-0.05, 0) is 35.4 Å². The lowest BCUT2D eigenvalue weighted by Crippen LogP contribution is -2.25. The Bertz CT molecular complexity index is 999. The fraction of sp³-hybridized carbons (Fsp3) is 0.227. The number of aromatic hydroxyl groups is 1. The molecule has 0 aliphatic carbocycles. The van der Waals surface area contributed by atoms with Crippen molar-refractivity contribution in [3.8, 4) is 22.6 Å². The summed E-state index contributed by atoms with van der Waals surface area (Å²) >= 11 is 6.13. The van der Waals surface area contributed by atoms with E-state index in [1.54, 1.807) is 6.07 Å². The molecule has 1 aliphatic rings. The molecule has 0 saturated carbocycles. The van der Waals surface area contributed by atoms with Crippen LogP contribution < -0.4 is 4.74 Å². The van der Waals surface area contributed by atoms with Crippen molar-refractivity contribution in [3.05, 3.63) is 77.6 Å². The van der Waals surface area contributed by atoms with Gasteiger partial charge in [-0.15, -0.1) is 6.58 Å². The predicted octanol–water partition coefficient (Wildman–Crippen LogP) is 4.49. The number of aromatic nitrogens is 2. The van der Waals surface area contributed by atoms with Crippen LogP contribution in [0.1, 0.15) is 11.1 Å². The quantitative estimate of drug-likeness (QED) is 0.647. The van der Waals surface area contributed by atoms with Gasteiger partial charge in [0.25, 0.3) is 0 Å². The van der Waals surface area contributed by atoms with Gasteiger partial charge in [0.2, 0.25) is 0 Å². The van der Waals surface area contributed by atoms with Crippen molar-refractivity contribution in [2.24, 2.45) is 0 Å². The molecule has 0 spiro atoms. The Hall–Kier alpha value is -2.76. The summed E-state index contributed by atoms with van der Waals surface area (Å²) in [4.78, 5) is 2.29. The molecule has 0 unspecified atom stereocenters. The summed E-state index contributed by atoms with van der Waals surface area (Å²) in [6, 6.07) is 11.4. The largest absolute Gasteiger partial charge is 0.504 e. The minimum atomic E-state index is 0.160. The van der Waals surface area contributed by atoms with Gasteiger partial charge in [-0.1, -0.05) is 29.8 Å². The van der Waals surface area contributed by atoms with E-state index in [-0.39, 0.29) is 5.75 Å². The number of hydrogen-bond acceptors (Lipinski definition) is 4. The number of rotatable bonds is 5. The standard InChI is InChI=1S/C22H22ClN3O2/c1-2-6-26-14-16(12-24-26)13-25-7-8-28-22-19(15-25)9-18(11-21(22)27)17-4-3-5-20(23)10-17/h2-5,9-12,14,27H,1,6-8,13,15H2. The van der Waals surface area contributed by atoms with Crippen molar-refractivity contribution in [1.82, 2.24) is 14.7 Å². The zero-order chi connectivity index (χ0) is 19.5. The lowest BCUT2D eigenvalue weighted by atomic mass is 10.0. The molecule has 4 rings (SSSR count). The molecule has 0 bridgehead atoms. The molecule has 0 radical (unpaired) electrons. The average molecular weight is 396 g/mol. The van der Waals surface area contributed by atoms with Crippen LogP contribution in [0.5, 0.6) is 11.5 Å². The first kappa shape index (κ1) is 18.6. The maximum atomic E-state index is 10.5. The number of phenolic OH excluding ortho intramolecular Hbond substituents is 1. The molecule has 5 nitrogen and oxygen atoms in total. The molecule has 0 saturated heterocycles. The maximum Gasteiger partial charge on any atom is 0.165 e. The maximum absolute atomic E-state index is 10.5. The molecule has 0 atom stereocenters. The number of nitrogens with zero attached hydrogens (tertiary/aromatic N) is 3. The highest BCUT2D eigenvalue weighted by molar-refractivity contribution is 6.30. The number of allylic oxidation sites excluding steroid dienone is 1. The highest BCUT2D eigenvalue weighted by atomic mass is 35.5. The molecule has 3 aromatic rings. The van der Waals surface area contributed by atoms with E-state index in [9.17, 15) is 5.11 Å². The van der Waals surface area contributed by atoms with E-state index >= 15 is 0 Å². The summed E-state index contributed by atoms with van der Waals surface area (Å²) in [6.45, 7) is 7.19. The van der Waals surface area contributed by atoms with E-state index < -0.39 is 0 Å². The molecule has 1 N–H and O–H groups in total. The Morgan fingerprint density at radius 3 is 2.96 bits per heavy atom. The molecule has 6 heteroatoms. The highest BCUT2D eigenvalue weighted by Gasteiger charge is 2.20. The van der Waals surface area contributed by atoms with Gasteiger partial charge in [0.15, 0.2) is 11.5 Å². The first-order valence-corrected chi connectivity index (χ1v) is 9.59.